The number of halogens is 1. The van der Waals surface area contributed by atoms with Crippen LogP contribution in [-0.2, 0) is 9.53 Å². The summed E-state index contributed by atoms with van der Waals surface area (Å²) in [5.41, 5.74) is 0.574. The number of amides is 1. The van der Waals surface area contributed by atoms with Crippen LogP contribution in [0.4, 0.5) is 0 Å². The zero-order valence-electron chi connectivity index (χ0n) is 11.0. The van der Waals surface area contributed by atoms with Gasteiger partial charge in [0.15, 0.2) is 0 Å². The molecule has 104 valence electrons. The van der Waals surface area contributed by atoms with Gasteiger partial charge in [-0.15, -0.1) is 0 Å². The van der Waals surface area contributed by atoms with Crippen molar-refractivity contribution >= 4 is 38.6 Å². The van der Waals surface area contributed by atoms with Crippen LogP contribution < -0.4 is 5.32 Å². The summed E-state index contributed by atoms with van der Waals surface area (Å²) in [6.07, 6.45) is 0.169. The van der Waals surface area contributed by atoms with E-state index in [0.29, 0.717) is 5.56 Å². The number of esters is 1. The van der Waals surface area contributed by atoms with Crippen molar-refractivity contribution in [2.24, 2.45) is 0 Å². The van der Waals surface area contributed by atoms with Crippen molar-refractivity contribution in [2.45, 2.75) is 6.42 Å². The first-order chi connectivity index (χ1) is 9.60. The summed E-state index contributed by atoms with van der Waals surface area (Å²) in [7, 11) is 1.33. The molecular formula is C15H14BrNO3. The number of benzene rings is 2. The smallest absolute Gasteiger partial charge is 0.307 e. The van der Waals surface area contributed by atoms with Gasteiger partial charge in [-0.1, -0.05) is 28.1 Å². The van der Waals surface area contributed by atoms with Crippen LogP contribution in [0.25, 0.3) is 10.8 Å². The van der Waals surface area contributed by atoms with E-state index in [1.165, 1.54) is 7.11 Å². The number of methoxy groups -OCH3 is 1. The number of hydrogen-bond acceptors (Lipinski definition) is 3. The lowest BCUT2D eigenvalue weighted by Gasteiger charge is -2.06. The van der Waals surface area contributed by atoms with Gasteiger partial charge in [-0.25, -0.2) is 0 Å². The number of carbonyl (C=O) groups is 2. The zero-order chi connectivity index (χ0) is 14.5. The number of rotatable bonds is 4. The Balaban J connectivity index is 2.07. The van der Waals surface area contributed by atoms with Crippen molar-refractivity contribution in [3.8, 4) is 0 Å². The van der Waals surface area contributed by atoms with Gasteiger partial charge in [-0.3, -0.25) is 9.59 Å². The van der Waals surface area contributed by atoms with E-state index in [1.54, 1.807) is 6.07 Å². The van der Waals surface area contributed by atoms with Crippen molar-refractivity contribution in [3.05, 3.63) is 46.4 Å². The molecule has 0 aliphatic rings. The second kappa shape index (κ2) is 6.52. The maximum atomic E-state index is 12.0. The predicted octanol–water partition coefficient (Wildman–Crippen LogP) is 2.90. The normalized spacial score (nSPS) is 10.3. The van der Waals surface area contributed by atoms with Gasteiger partial charge in [0.1, 0.15) is 0 Å². The molecule has 0 aromatic heterocycles. The van der Waals surface area contributed by atoms with Gasteiger partial charge in [0.25, 0.3) is 5.91 Å². The standard InChI is InChI=1S/C15H14BrNO3/c1-20-14(18)6-7-17-15(19)12-3-2-11-9-13(16)5-4-10(11)8-12/h2-5,8-9H,6-7H2,1H3,(H,17,19). The van der Waals surface area contributed by atoms with E-state index in [-0.39, 0.29) is 24.8 Å². The fraction of sp³-hybridized carbons (Fsp3) is 0.200. The van der Waals surface area contributed by atoms with Gasteiger partial charge < -0.3 is 10.1 Å². The largest absolute Gasteiger partial charge is 0.469 e. The number of hydrogen-bond donors (Lipinski definition) is 1. The number of ether oxygens (including phenoxy) is 1. The van der Waals surface area contributed by atoms with Crippen molar-refractivity contribution in [1.82, 2.24) is 5.32 Å². The third kappa shape index (κ3) is 3.57. The highest BCUT2D eigenvalue weighted by Gasteiger charge is 2.07. The number of carbonyl (C=O) groups excluding carboxylic acids is 2. The van der Waals surface area contributed by atoms with Gasteiger partial charge in [-0.2, -0.15) is 0 Å². The molecule has 0 aliphatic heterocycles. The molecule has 0 radical (unpaired) electrons. The summed E-state index contributed by atoms with van der Waals surface area (Å²) in [6.45, 7) is 0.268. The molecule has 5 heteroatoms. The predicted molar refractivity (Wildman–Crippen MR) is 80.6 cm³/mol. The molecule has 2 rings (SSSR count). The Morgan fingerprint density at radius 1 is 1.15 bits per heavy atom. The molecule has 2 aromatic rings. The highest BCUT2D eigenvalue weighted by Crippen LogP contribution is 2.20. The minimum absolute atomic E-state index is 0.169. The third-order valence-electron chi connectivity index (χ3n) is 2.91. The molecule has 0 fully saturated rings. The van der Waals surface area contributed by atoms with Gasteiger partial charge >= 0.3 is 5.97 Å². The molecule has 0 heterocycles. The van der Waals surface area contributed by atoms with E-state index < -0.39 is 0 Å². The molecule has 0 aliphatic carbocycles. The lowest BCUT2D eigenvalue weighted by atomic mass is 10.1. The molecule has 0 bridgehead atoms. The third-order valence-corrected chi connectivity index (χ3v) is 3.40. The van der Waals surface area contributed by atoms with Gasteiger partial charge in [0, 0.05) is 16.6 Å². The highest BCUT2D eigenvalue weighted by atomic mass is 79.9. The highest BCUT2D eigenvalue weighted by molar-refractivity contribution is 9.10. The minimum atomic E-state index is -0.339. The summed E-state index contributed by atoms with van der Waals surface area (Å²) in [4.78, 5) is 22.9. The molecule has 2 aromatic carbocycles. The van der Waals surface area contributed by atoms with Crippen LogP contribution in [0.5, 0.6) is 0 Å². The summed E-state index contributed by atoms with van der Waals surface area (Å²) in [5.74, 6) is -0.535. The first-order valence-electron chi connectivity index (χ1n) is 6.14. The van der Waals surface area contributed by atoms with Crippen molar-refractivity contribution in [3.63, 3.8) is 0 Å². The van der Waals surface area contributed by atoms with Gasteiger partial charge in [0.2, 0.25) is 0 Å². The molecular weight excluding hydrogens is 322 g/mol. The fourth-order valence-electron chi connectivity index (χ4n) is 1.84. The fourth-order valence-corrected chi connectivity index (χ4v) is 2.22. The Hall–Kier alpha value is -1.88. The summed E-state index contributed by atoms with van der Waals surface area (Å²) < 4.78 is 5.51. The Labute approximate surface area is 125 Å². The van der Waals surface area contributed by atoms with Crippen LogP contribution in [0.15, 0.2) is 40.9 Å². The van der Waals surface area contributed by atoms with Crippen LogP contribution in [0.3, 0.4) is 0 Å². The summed E-state index contributed by atoms with van der Waals surface area (Å²) >= 11 is 3.41. The lowest BCUT2D eigenvalue weighted by molar-refractivity contribution is -0.140. The molecule has 1 amide bonds. The Kier molecular flexibility index (Phi) is 4.74. The molecule has 0 saturated heterocycles. The maximum absolute atomic E-state index is 12.0. The Bertz CT molecular complexity index is 655. The van der Waals surface area contributed by atoms with Gasteiger partial charge in [-0.05, 0) is 35.0 Å². The molecule has 0 atom stereocenters. The first kappa shape index (κ1) is 14.5. The molecule has 0 saturated carbocycles. The molecule has 20 heavy (non-hydrogen) atoms. The van der Waals surface area contributed by atoms with E-state index in [2.05, 4.69) is 26.0 Å². The second-order valence-electron chi connectivity index (χ2n) is 4.29. The monoisotopic (exact) mass is 335 g/mol. The molecule has 4 nitrogen and oxygen atoms in total. The van der Waals surface area contributed by atoms with Crippen molar-refractivity contribution in [1.29, 1.82) is 0 Å². The van der Waals surface area contributed by atoms with E-state index in [9.17, 15) is 9.59 Å². The zero-order valence-corrected chi connectivity index (χ0v) is 12.6. The minimum Gasteiger partial charge on any atom is -0.469 e. The molecule has 0 unspecified atom stereocenters. The van der Waals surface area contributed by atoms with Crippen molar-refractivity contribution < 1.29 is 14.3 Å². The molecule has 1 N–H and O–H groups in total. The maximum Gasteiger partial charge on any atom is 0.307 e. The number of fused-ring (bicyclic) bond motifs is 1. The average Bonchev–Trinajstić information content (AvgIpc) is 2.46. The van der Waals surface area contributed by atoms with Crippen LogP contribution in [0, 0.1) is 0 Å². The second-order valence-corrected chi connectivity index (χ2v) is 5.20. The average molecular weight is 336 g/mol. The van der Waals surface area contributed by atoms with Crippen LogP contribution in [-0.4, -0.2) is 25.5 Å². The SMILES string of the molecule is COC(=O)CCNC(=O)c1ccc2cc(Br)ccc2c1. The summed E-state index contributed by atoms with van der Waals surface area (Å²) in [6, 6.07) is 11.4. The summed E-state index contributed by atoms with van der Waals surface area (Å²) in [5, 5.41) is 4.75. The quantitative estimate of drug-likeness (QED) is 0.874. The lowest BCUT2D eigenvalue weighted by Crippen LogP contribution is -2.26. The number of nitrogens with one attached hydrogen (secondary N) is 1. The van der Waals surface area contributed by atoms with E-state index in [1.807, 2.05) is 30.3 Å². The Morgan fingerprint density at radius 2 is 1.85 bits per heavy atom. The molecule has 0 spiro atoms. The van der Waals surface area contributed by atoms with Crippen LogP contribution in [0.1, 0.15) is 16.8 Å². The van der Waals surface area contributed by atoms with E-state index in [0.717, 1.165) is 15.2 Å². The van der Waals surface area contributed by atoms with Crippen molar-refractivity contribution in [2.75, 3.05) is 13.7 Å². The first-order valence-corrected chi connectivity index (χ1v) is 6.94. The van der Waals surface area contributed by atoms with E-state index in [4.69, 9.17) is 0 Å². The topological polar surface area (TPSA) is 55.4 Å². The van der Waals surface area contributed by atoms with Crippen LogP contribution in [0.2, 0.25) is 0 Å². The Morgan fingerprint density at radius 3 is 2.60 bits per heavy atom. The van der Waals surface area contributed by atoms with Crippen LogP contribution >= 0.6 is 15.9 Å². The van der Waals surface area contributed by atoms with Gasteiger partial charge in [0.05, 0.1) is 13.5 Å². The van der Waals surface area contributed by atoms with E-state index >= 15 is 0 Å².